The van der Waals surface area contributed by atoms with Gasteiger partial charge < -0.3 is 10.2 Å². The lowest BCUT2D eigenvalue weighted by Gasteiger charge is -2.35. The summed E-state index contributed by atoms with van der Waals surface area (Å²) in [5, 5.41) is 2.70. The van der Waals surface area contributed by atoms with Gasteiger partial charge in [0.1, 0.15) is 0 Å². The highest BCUT2D eigenvalue weighted by molar-refractivity contribution is 7.89. The Balaban J connectivity index is 1.52. The molecule has 2 fully saturated rings. The van der Waals surface area contributed by atoms with Gasteiger partial charge in [-0.05, 0) is 49.9 Å². The van der Waals surface area contributed by atoms with Crippen LogP contribution < -0.4 is 10.0 Å². The largest absolute Gasteiger partial charge is 0.342 e. The maximum absolute atomic E-state index is 12.7. The zero-order valence-corrected chi connectivity index (χ0v) is 17.8. The summed E-state index contributed by atoms with van der Waals surface area (Å²) >= 11 is 0. The molecule has 1 saturated carbocycles. The molecule has 1 aromatic carbocycles. The number of hydrogen-bond donors (Lipinski definition) is 2. The summed E-state index contributed by atoms with van der Waals surface area (Å²) in [7, 11) is -3.64. The molecule has 29 heavy (non-hydrogen) atoms. The molecule has 1 aromatic rings. The van der Waals surface area contributed by atoms with E-state index in [-0.39, 0.29) is 28.7 Å². The molecule has 1 heterocycles. The summed E-state index contributed by atoms with van der Waals surface area (Å²) in [4.78, 5) is 26.2. The van der Waals surface area contributed by atoms with Gasteiger partial charge in [-0.15, -0.1) is 0 Å². The number of amides is 2. The monoisotopic (exact) mass is 421 g/mol. The number of nitrogens with zero attached hydrogens (tertiary/aromatic N) is 1. The van der Waals surface area contributed by atoms with E-state index in [1.54, 1.807) is 19.1 Å². The number of rotatable bonds is 6. The number of carbonyl (C=O) groups is 2. The smallest absolute Gasteiger partial charge is 0.240 e. The number of carbonyl (C=O) groups excluding carboxylic acids is 2. The van der Waals surface area contributed by atoms with Gasteiger partial charge in [-0.3, -0.25) is 9.59 Å². The lowest BCUT2D eigenvalue weighted by atomic mass is 9.87. The topological polar surface area (TPSA) is 95.6 Å². The predicted octanol–water partition coefficient (Wildman–Crippen LogP) is 2.88. The first-order valence-corrected chi connectivity index (χ1v) is 12.1. The van der Waals surface area contributed by atoms with E-state index in [2.05, 4.69) is 10.0 Å². The summed E-state index contributed by atoms with van der Waals surface area (Å²) in [6.45, 7) is 2.96. The molecule has 0 radical (unpaired) electrons. The van der Waals surface area contributed by atoms with Gasteiger partial charge in [-0.25, -0.2) is 13.1 Å². The molecule has 3 rings (SSSR count). The number of nitrogens with one attached hydrogen (secondary N) is 2. The molecule has 160 valence electrons. The van der Waals surface area contributed by atoms with E-state index in [0.29, 0.717) is 38.0 Å². The molecule has 8 heteroatoms. The highest BCUT2D eigenvalue weighted by atomic mass is 32.2. The summed E-state index contributed by atoms with van der Waals surface area (Å²) in [6.07, 6.45) is 7.08. The lowest BCUT2D eigenvalue weighted by molar-refractivity contribution is -0.137. The van der Waals surface area contributed by atoms with E-state index in [1.165, 1.54) is 18.6 Å². The van der Waals surface area contributed by atoms with Crippen LogP contribution in [0, 0.1) is 5.92 Å². The number of sulfonamides is 1. The second-order valence-electron chi connectivity index (χ2n) is 7.98. The standard InChI is InChI=1S/C21H31N3O4S/c1-2-20(25)22-17-8-10-19(11-9-17)29(27,28)23-18-12-14-24(15-13-18)21(26)16-6-4-3-5-7-16/h8-11,16,18,23H,2-7,12-15H2,1H3,(H,22,25). The first kappa shape index (κ1) is 21.8. The number of piperidine rings is 1. The third-order valence-corrected chi connectivity index (χ3v) is 7.39. The Bertz CT molecular complexity index is 809. The van der Waals surface area contributed by atoms with Gasteiger partial charge in [-0.1, -0.05) is 26.2 Å². The van der Waals surface area contributed by atoms with E-state index in [4.69, 9.17) is 0 Å². The van der Waals surface area contributed by atoms with Crippen LogP contribution in [0.1, 0.15) is 58.3 Å². The summed E-state index contributed by atoms with van der Waals surface area (Å²) in [6, 6.07) is 6.00. The highest BCUT2D eigenvalue weighted by Crippen LogP contribution is 2.27. The van der Waals surface area contributed by atoms with Crippen molar-refractivity contribution in [2.24, 2.45) is 5.92 Å². The Kier molecular flexibility index (Phi) is 7.29. The molecule has 2 aliphatic rings. The van der Waals surface area contributed by atoms with Crippen molar-refractivity contribution in [3.05, 3.63) is 24.3 Å². The van der Waals surface area contributed by atoms with Crippen LogP contribution in [-0.4, -0.2) is 44.3 Å². The molecular weight excluding hydrogens is 390 g/mol. The van der Waals surface area contributed by atoms with Crippen molar-refractivity contribution in [2.45, 2.75) is 69.2 Å². The predicted molar refractivity (Wildman–Crippen MR) is 112 cm³/mol. The van der Waals surface area contributed by atoms with Crippen molar-refractivity contribution in [3.8, 4) is 0 Å². The first-order valence-electron chi connectivity index (χ1n) is 10.6. The van der Waals surface area contributed by atoms with Gasteiger partial charge in [0.25, 0.3) is 0 Å². The van der Waals surface area contributed by atoms with Crippen LogP contribution in [0.25, 0.3) is 0 Å². The molecule has 2 N–H and O–H groups in total. The van der Waals surface area contributed by atoms with Crippen LogP contribution in [-0.2, 0) is 19.6 Å². The number of benzene rings is 1. The van der Waals surface area contributed by atoms with Crippen LogP contribution >= 0.6 is 0 Å². The fourth-order valence-electron chi connectivity index (χ4n) is 4.08. The van der Waals surface area contributed by atoms with Gasteiger partial charge in [-0.2, -0.15) is 0 Å². The molecule has 0 spiro atoms. The summed E-state index contributed by atoms with van der Waals surface area (Å²) in [5.41, 5.74) is 0.574. The molecule has 0 atom stereocenters. The fourth-order valence-corrected chi connectivity index (χ4v) is 5.38. The quantitative estimate of drug-likeness (QED) is 0.738. The average molecular weight is 422 g/mol. The summed E-state index contributed by atoms with van der Waals surface area (Å²) in [5.74, 6) is 0.285. The van der Waals surface area contributed by atoms with Gasteiger partial charge in [0, 0.05) is 37.2 Å². The van der Waals surface area contributed by atoms with E-state index in [0.717, 1.165) is 25.7 Å². The van der Waals surface area contributed by atoms with Gasteiger partial charge in [0.2, 0.25) is 21.8 Å². The minimum atomic E-state index is -3.64. The number of hydrogen-bond acceptors (Lipinski definition) is 4. The van der Waals surface area contributed by atoms with E-state index in [9.17, 15) is 18.0 Å². The maximum Gasteiger partial charge on any atom is 0.240 e. The van der Waals surface area contributed by atoms with Crippen LogP contribution in [0.4, 0.5) is 5.69 Å². The average Bonchev–Trinajstić information content (AvgIpc) is 2.74. The molecule has 0 unspecified atom stereocenters. The zero-order chi connectivity index (χ0) is 20.9. The first-order chi connectivity index (χ1) is 13.9. The molecule has 0 bridgehead atoms. The molecule has 7 nitrogen and oxygen atoms in total. The van der Waals surface area contributed by atoms with Crippen LogP contribution in [0.15, 0.2) is 29.2 Å². The molecule has 2 amide bonds. The van der Waals surface area contributed by atoms with Gasteiger partial charge in [0.15, 0.2) is 0 Å². The third kappa shape index (κ3) is 5.79. The Hall–Kier alpha value is -1.93. The van der Waals surface area contributed by atoms with E-state index >= 15 is 0 Å². The number of anilines is 1. The van der Waals surface area contributed by atoms with Crippen molar-refractivity contribution in [3.63, 3.8) is 0 Å². The molecule has 0 aromatic heterocycles. The molecular formula is C21H31N3O4S. The minimum Gasteiger partial charge on any atom is -0.342 e. The highest BCUT2D eigenvalue weighted by Gasteiger charge is 2.30. The van der Waals surface area contributed by atoms with Crippen molar-refractivity contribution in [1.29, 1.82) is 0 Å². The van der Waals surface area contributed by atoms with Crippen molar-refractivity contribution in [1.82, 2.24) is 9.62 Å². The van der Waals surface area contributed by atoms with E-state index < -0.39 is 10.0 Å². The molecule has 1 aliphatic heterocycles. The van der Waals surface area contributed by atoms with Crippen LogP contribution in [0.3, 0.4) is 0 Å². The van der Waals surface area contributed by atoms with E-state index in [1.807, 2.05) is 4.90 Å². The second kappa shape index (κ2) is 9.71. The Morgan fingerprint density at radius 2 is 1.62 bits per heavy atom. The van der Waals surface area contributed by atoms with Crippen molar-refractivity contribution in [2.75, 3.05) is 18.4 Å². The Morgan fingerprint density at radius 3 is 2.21 bits per heavy atom. The van der Waals surface area contributed by atoms with Gasteiger partial charge >= 0.3 is 0 Å². The van der Waals surface area contributed by atoms with Crippen molar-refractivity contribution >= 4 is 27.5 Å². The Labute approximate surface area is 173 Å². The molecule has 1 saturated heterocycles. The number of likely N-dealkylation sites (tertiary alicyclic amines) is 1. The Morgan fingerprint density at radius 1 is 1.00 bits per heavy atom. The summed E-state index contributed by atoms with van der Waals surface area (Å²) < 4.78 is 28.1. The zero-order valence-electron chi connectivity index (χ0n) is 17.0. The van der Waals surface area contributed by atoms with Crippen LogP contribution in [0.2, 0.25) is 0 Å². The van der Waals surface area contributed by atoms with Crippen LogP contribution in [0.5, 0.6) is 0 Å². The third-order valence-electron chi connectivity index (χ3n) is 5.85. The molecule has 1 aliphatic carbocycles. The van der Waals surface area contributed by atoms with Crippen molar-refractivity contribution < 1.29 is 18.0 Å². The van der Waals surface area contributed by atoms with Gasteiger partial charge in [0.05, 0.1) is 4.90 Å². The minimum absolute atomic E-state index is 0.117. The SMILES string of the molecule is CCC(=O)Nc1ccc(S(=O)(=O)NC2CCN(C(=O)C3CCCCC3)CC2)cc1. The maximum atomic E-state index is 12.7. The normalized spacial score (nSPS) is 19.1. The second-order valence-corrected chi connectivity index (χ2v) is 9.70. The fraction of sp³-hybridized carbons (Fsp3) is 0.619. The lowest BCUT2D eigenvalue weighted by Crippen LogP contribution is -2.48.